The van der Waals surface area contributed by atoms with Crippen molar-refractivity contribution in [3.63, 3.8) is 0 Å². The van der Waals surface area contributed by atoms with E-state index in [9.17, 15) is 0 Å². The fourth-order valence-electron chi connectivity index (χ4n) is 0.588. The van der Waals surface area contributed by atoms with Crippen LogP contribution in [0.25, 0.3) is 0 Å². The first-order valence-corrected chi connectivity index (χ1v) is 3.10. The summed E-state index contributed by atoms with van der Waals surface area (Å²) in [5.74, 6) is 0. The van der Waals surface area contributed by atoms with Gasteiger partial charge in [-0.15, -0.1) is 0 Å². The van der Waals surface area contributed by atoms with Gasteiger partial charge in [-0.3, -0.25) is 4.99 Å². The topological polar surface area (TPSA) is 38.4 Å². The van der Waals surface area contributed by atoms with Gasteiger partial charge in [0.25, 0.3) is 0 Å². The van der Waals surface area contributed by atoms with E-state index in [1.807, 2.05) is 13.0 Å². The van der Waals surface area contributed by atoms with Crippen LogP contribution in [0.1, 0.15) is 20.3 Å². The van der Waals surface area contributed by atoms with E-state index in [0.29, 0.717) is 0 Å². The summed E-state index contributed by atoms with van der Waals surface area (Å²) in [6.45, 7) is 3.92. The maximum absolute atomic E-state index is 5.42. The van der Waals surface area contributed by atoms with Crippen LogP contribution in [0.15, 0.2) is 16.8 Å². The minimum Gasteiger partial charge on any atom is -0.402 e. The lowest BCUT2D eigenvalue weighted by molar-refractivity contribution is 1.23. The van der Waals surface area contributed by atoms with Crippen LogP contribution < -0.4 is 5.73 Å². The smallest absolute Gasteiger partial charge is 0.0359 e. The molecular weight excluding hydrogens is 112 g/mol. The van der Waals surface area contributed by atoms with E-state index in [0.717, 1.165) is 17.8 Å². The summed E-state index contributed by atoms with van der Waals surface area (Å²) in [7, 11) is 1.78. The first-order valence-electron chi connectivity index (χ1n) is 3.10. The molecule has 0 radical (unpaired) electrons. The van der Waals surface area contributed by atoms with Gasteiger partial charge in [0.05, 0.1) is 0 Å². The lowest BCUT2D eigenvalue weighted by Gasteiger charge is -1.93. The number of hydrogen-bond acceptors (Lipinski definition) is 2. The third-order valence-corrected chi connectivity index (χ3v) is 1.04. The molecule has 0 atom stereocenters. The predicted octanol–water partition coefficient (Wildman–Crippen LogP) is 1.33. The van der Waals surface area contributed by atoms with Gasteiger partial charge in [0.2, 0.25) is 0 Å². The number of nitrogens with zero attached hydrogens (tertiary/aromatic N) is 1. The highest BCUT2D eigenvalue weighted by Gasteiger charge is 1.86. The monoisotopic (exact) mass is 126 g/mol. The van der Waals surface area contributed by atoms with E-state index in [1.165, 1.54) is 0 Å². The van der Waals surface area contributed by atoms with Crippen LogP contribution in [0.4, 0.5) is 0 Å². The first kappa shape index (κ1) is 8.21. The lowest BCUT2D eigenvalue weighted by atomic mass is 10.2. The van der Waals surface area contributed by atoms with Crippen molar-refractivity contribution in [1.82, 2.24) is 0 Å². The number of allylic oxidation sites excluding steroid dienone is 2. The van der Waals surface area contributed by atoms with Gasteiger partial charge in [-0.1, -0.05) is 6.92 Å². The molecule has 2 nitrogen and oxygen atoms in total. The Kier molecular flexibility index (Phi) is 3.76. The molecule has 0 heterocycles. The summed E-state index contributed by atoms with van der Waals surface area (Å²) in [6.07, 6.45) is 2.84. The Bertz CT molecular complexity index is 130. The van der Waals surface area contributed by atoms with Crippen molar-refractivity contribution in [3.8, 4) is 0 Å². The van der Waals surface area contributed by atoms with Crippen LogP contribution in [0.5, 0.6) is 0 Å². The maximum Gasteiger partial charge on any atom is 0.0359 e. The van der Waals surface area contributed by atoms with Crippen molar-refractivity contribution in [2.45, 2.75) is 20.3 Å². The number of rotatable bonds is 2. The van der Waals surface area contributed by atoms with Crippen LogP contribution in [0.3, 0.4) is 0 Å². The molecule has 2 N–H and O–H groups in total. The molecular formula is C7H14N2. The van der Waals surface area contributed by atoms with E-state index in [-0.39, 0.29) is 0 Å². The van der Waals surface area contributed by atoms with Gasteiger partial charge in [-0.2, -0.15) is 0 Å². The number of aliphatic imine (C=N–C) groups is 1. The molecule has 0 aromatic carbocycles. The third kappa shape index (κ3) is 3.76. The summed E-state index contributed by atoms with van der Waals surface area (Å²) in [4.78, 5) is 4.01. The molecule has 9 heavy (non-hydrogen) atoms. The van der Waals surface area contributed by atoms with E-state index >= 15 is 0 Å². The average molecular weight is 126 g/mol. The second-order valence-electron chi connectivity index (χ2n) is 1.96. The van der Waals surface area contributed by atoms with Crippen molar-refractivity contribution in [1.29, 1.82) is 0 Å². The lowest BCUT2D eigenvalue weighted by Crippen LogP contribution is -1.97. The molecule has 0 aromatic heterocycles. The minimum atomic E-state index is 0.817. The van der Waals surface area contributed by atoms with Crippen LogP contribution in [-0.2, 0) is 0 Å². The van der Waals surface area contributed by atoms with Gasteiger partial charge >= 0.3 is 0 Å². The molecule has 0 spiro atoms. The molecule has 0 aliphatic heterocycles. The van der Waals surface area contributed by atoms with Crippen molar-refractivity contribution >= 4 is 5.71 Å². The molecule has 0 fully saturated rings. The zero-order valence-corrected chi connectivity index (χ0v) is 6.31. The second-order valence-corrected chi connectivity index (χ2v) is 1.96. The Morgan fingerprint density at radius 2 is 2.22 bits per heavy atom. The first-order chi connectivity index (χ1) is 4.20. The van der Waals surface area contributed by atoms with Gasteiger partial charge in [-0.05, 0) is 19.4 Å². The van der Waals surface area contributed by atoms with E-state index in [4.69, 9.17) is 5.73 Å². The molecule has 0 aromatic rings. The fraction of sp³-hybridized carbons (Fsp3) is 0.571. The second kappa shape index (κ2) is 4.13. The van der Waals surface area contributed by atoms with Crippen molar-refractivity contribution < 1.29 is 0 Å². The predicted molar refractivity (Wildman–Crippen MR) is 41.6 cm³/mol. The quantitative estimate of drug-likeness (QED) is 0.557. The average Bonchev–Trinajstić information content (AvgIpc) is 1.82. The molecule has 0 unspecified atom stereocenters. The summed E-state index contributed by atoms with van der Waals surface area (Å²) in [6, 6.07) is 0. The maximum atomic E-state index is 5.42. The molecule has 2 heteroatoms. The summed E-state index contributed by atoms with van der Waals surface area (Å²) in [5.41, 5.74) is 7.29. The Morgan fingerprint density at radius 3 is 2.33 bits per heavy atom. The summed E-state index contributed by atoms with van der Waals surface area (Å²) < 4.78 is 0. The molecule has 52 valence electrons. The molecule has 0 saturated heterocycles. The van der Waals surface area contributed by atoms with E-state index in [1.54, 1.807) is 7.05 Å². The third-order valence-electron chi connectivity index (χ3n) is 1.04. The van der Waals surface area contributed by atoms with Crippen LogP contribution >= 0.6 is 0 Å². The standard InChI is InChI=1S/C7H14N2/c1-4-7(9-3)5-6(2)8/h5H,4,8H2,1-3H3. The zero-order valence-electron chi connectivity index (χ0n) is 6.31. The van der Waals surface area contributed by atoms with Crippen LogP contribution in [0.2, 0.25) is 0 Å². The molecule has 0 rings (SSSR count). The van der Waals surface area contributed by atoms with Crippen molar-refractivity contribution in [2.75, 3.05) is 7.05 Å². The minimum absolute atomic E-state index is 0.817. The van der Waals surface area contributed by atoms with E-state index < -0.39 is 0 Å². The SMILES string of the molecule is CCC(C=C(C)N)=NC. The summed E-state index contributed by atoms with van der Waals surface area (Å²) in [5, 5.41) is 0. The highest BCUT2D eigenvalue weighted by atomic mass is 14.7. The number of nitrogens with two attached hydrogens (primary N) is 1. The van der Waals surface area contributed by atoms with Crippen molar-refractivity contribution in [2.24, 2.45) is 10.7 Å². The van der Waals surface area contributed by atoms with Crippen molar-refractivity contribution in [3.05, 3.63) is 11.8 Å². The fourth-order valence-corrected chi connectivity index (χ4v) is 0.588. The van der Waals surface area contributed by atoms with E-state index in [2.05, 4.69) is 11.9 Å². The largest absolute Gasteiger partial charge is 0.402 e. The molecule has 0 aliphatic carbocycles. The zero-order chi connectivity index (χ0) is 7.28. The highest BCUT2D eigenvalue weighted by molar-refractivity contribution is 5.94. The Labute approximate surface area is 56.5 Å². The van der Waals surface area contributed by atoms with Gasteiger partial charge in [0, 0.05) is 18.5 Å². The molecule has 0 bridgehead atoms. The molecule has 0 saturated carbocycles. The summed E-state index contributed by atoms with van der Waals surface area (Å²) >= 11 is 0. The van der Waals surface area contributed by atoms with Crippen LogP contribution in [0, 0.1) is 0 Å². The Balaban J connectivity index is 4.01. The molecule has 0 aliphatic rings. The van der Waals surface area contributed by atoms with Gasteiger partial charge in [0.1, 0.15) is 0 Å². The highest BCUT2D eigenvalue weighted by Crippen LogP contribution is 1.89. The van der Waals surface area contributed by atoms with Gasteiger partial charge < -0.3 is 5.73 Å². The Morgan fingerprint density at radius 1 is 1.67 bits per heavy atom. The van der Waals surface area contributed by atoms with Gasteiger partial charge in [0.15, 0.2) is 0 Å². The normalized spacial score (nSPS) is 14.1. The Hall–Kier alpha value is -0.790. The van der Waals surface area contributed by atoms with Gasteiger partial charge in [-0.25, -0.2) is 0 Å². The molecule has 0 amide bonds. The van der Waals surface area contributed by atoms with Crippen LogP contribution in [-0.4, -0.2) is 12.8 Å². The number of hydrogen-bond donors (Lipinski definition) is 1.